The molecule has 1 aliphatic rings. The molecule has 0 aromatic rings. The molecule has 0 radical (unpaired) electrons. The van der Waals surface area contributed by atoms with Gasteiger partial charge in [0.2, 0.25) is 5.76 Å². The third-order valence-electron chi connectivity index (χ3n) is 3.30. The molecule has 0 spiro atoms. The Morgan fingerprint density at radius 3 is 2.41 bits per heavy atom. The molecule has 10 heteroatoms. The average molecular weight is 386 g/mol. The van der Waals surface area contributed by atoms with Gasteiger partial charge in [-0.05, 0) is 20.8 Å². The fraction of sp³-hybridized carbons (Fsp3) is 0.588. The molecule has 1 unspecified atom stereocenters. The number of amides is 1. The van der Waals surface area contributed by atoms with Gasteiger partial charge in [-0.25, -0.2) is 14.4 Å². The number of nitrogens with zero attached hydrogens (tertiary/aromatic N) is 1. The molecule has 0 aliphatic carbocycles. The highest BCUT2D eigenvalue weighted by molar-refractivity contribution is 5.94. The smallest absolute Gasteiger partial charge is 0.411 e. The number of esters is 2. The van der Waals surface area contributed by atoms with E-state index in [-0.39, 0.29) is 18.8 Å². The van der Waals surface area contributed by atoms with E-state index in [0.717, 1.165) is 26.6 Å². The van der Waals surface area contributed by atoms with Crippen molar-refractivity contribution in [2.75, 3.05) is 34.0 Å². The van der Waals surface area contributed by atoms with E-state index in [1.54, 1.807) is 20.8 Å². The van der Waals surface area contributed by atoms with Gasteiger partial charge in [0.25, 0.3) is 0 Å². The minimum atomic E-state index is -0.895. The van der Waals surface area contributed by atoms with Crippen LogP contribution in [-0.2, 0) is 33.3 Å². The summed E-state index contributed by atoms with van der Waals surface area (Å²) < 4.78 is 24.9. The van der Waals surface area contributed by atoms with E-state index in [2.05, 4.69) is 9.47 Å². The monoisotopic (exact) mass is 386 g/mol. The van der Waals surface area contributed by atoms with Crippen molar-refractivity contribution in [2.24, 2.45) is 5.73 Å². The number of hydrogen-bond donors (Lipinski definition) is 1. The zero-order chi connectivity index (χ0) is 20.6. The second kappa shape index (κ2) is 9.81. The summed E-state index contributed by atoms with van der Waals surface area (Å²) >= 11 is 0. The molecule has 2 N–H and O–H groups in total. The number of carbonyl (C=O) groups is 3. The van der Waals surface area contributed by atoms with Crippen LogP contribution in [0.1, 0.15) is 20.8 Å². The van der Waals surface area contributed by atoms with Gasteiger partial charge in [0.15, 0.2) is 0 Å². The number of nitrogens with two attached hydrogens (primary N) is 1. The fourth-order valence-electron chi connectivity index (χ4n) is 2.04. The molecular weight excluding hydrogens is 360 g/mol. The third kappa shape index (κ3) is 7.18. The Morgan fingerprint density at radius 1 is 1.19 bits per heavy atom. The Bertz CT molecular complexity index is 621. The molecule has 1 rings (SSSR count). The van der Waals surface area contributed by atoms with Crippen LogP contribution in [-0.4, -0.2) is 68.6 Å². The van der Waals surface area contributed by atoms with Crippen LogP contribution in [0.4, 0.5) is 4.79 Å². The van der Waals surface area contributed by atoms with E-state index in [9.17, 15) is 14.4 Å². The normalized spacial score (nSPS) is 18.6. The van der Waals surface area contributed by atoms with Crippen molar-refractivity contribution in [1.82, 2.24) is 4.90 Å². The minimum absolute atomic E-state index is 0.0974. The van der Waals surface area contributed by atoms with Crippen LogP contribution in [0.2, 0.25) is 0 Å². The highest BCUT2D eigenvalue weighted by Crippen LogP contribution is 2.18. The summed E-state index contributed by atoms with van der Waals surface area (Å²) in [5.41, 5.74) is 5.43. The number of methoxy groups -OCH3 is 2. The molecule has 1 heterocycles. The van der Waals surface area contributed by atoms with Crippen LogP contribution in [0.25, 0.3) is 0 Å². The Labute approximate surface area is 157 Å². The second-order valence-corrected chi connectivity index (χ2v) is 6.52. The van der Waals surface area contributed by atoms with Gasteiger partial charge in [-0.3, -0.25) is 4.90 Å². The van der Waals surface area contributed by atoms with Crippen LogP contribution < -0.4 is 5.73 Å². The summed E-state index contributed by atoms with van der Waals surface area (Å²) in [6, 6.07) is -0.661. The lowest BCUT2D eigenvalue weighted by Gasteiger charge is -2.36. The summed E-state index contributed by atoms with van der Waals surface area (Å²) in [6.45, 7) is 5.99. The van der Waals surface area contributed by atoms with Gasteiger partial charge in [-0.15, -0.1) is 0 Å². The van der Waals surface area contributed by atoms with Crippen LogP contribution in [0.5, 0.6) is 0 Å². The number of carbonyl (C=O) groups excluding carboxylic acids is 3. The van der Waals surface area contributed by atoms with Gasteiger partial charge < -0.3 is 29.4 Å². The molecule has 1 aliphatic heterocycles. The maximum Gasteiger partial charge on any atom is 0.411 e. The SMILES string of the molecule is COC(=O)C=C(OC=C(N)C1COCCN1C(=O)OC(C)(C)C)C(=O)OC. The highest BCUT2D eigenvalue weighted by Gasteiger charge is 2.33. The first kappa shape index (κ1) is 22.3. The van der Waals surface area contributed by atoms with Crippen molar-refractivity contribution in [3.8, 4) is 0 Å². The maximum atomic E-state index is 12.4. The lowest BCUT2D eigenvalue weighted by Crippen LogP contribution is -2.52. The minimum Gasteiger partial charge on any atom is -0.466 e. The maximum absolute atomic E-state index is 12.4. The van der Waals surface area contributed by atoms with Crippen molar-refractivity contribution in [3.63, 3.8) is 0 Å². The molecule has 0 bridgehead atoms. The fourth-order valence-corrected chi connectivity index (χ4v) is 2.04. The van der Waals surface area contributed by atoms with Gasteiger partial charge in [-0.1, -0.05) is 0 Å². The Kier molecular flexibility index (Phi) is 8.10. The number of morpholine rings is 1. The molecule has 0 aromatic heterocycles. The molecule has 0 aromatic carbocycles. The van der Waals surface area contributed by atoms with Crippen molar-refractivity contribution >= 4 is 18.0 Å². The van der Waals surface area contributed by atoms with Gasteiger partial charge >= 0.3 is 18.0 Å². The molecule has 1 saturated heterocycles. The molecule has 1 fully saturated rings. The van der Waals surface area contributed by atoms with E-state index in [1.165, 1.54) is 4.90 Å². The molecule has 27 heavy (non-hydrogen) atoms. The number of ether oxygens (including phenoxy) is 5. The number of rotatable bonds is 5. The molecule has 0 saturated carbocycles. The number of hydrogen-bond acceptors (Lipinski definition) is 9. The Morgan fingerprint density at radius 2 is 1.85 bits per heavy atom. The van der Waals surface area contributed by atoms with Crippen LogP contribution in [0.3, 0.4) is 0 Å². The zero-order valence-corrected chi connectivity index (χ0v) is 16.1. The van der Waals surface area contributed by atoms with Gasteiger partial charge in [-0.2, -0.15) is 0 Å². The molecule has 1 amide bonds. The molecule has 152 valence electrons. The largest absolute Gasteiger partial charge is 0.466 e. The van der Waals surface area contributed by atoms with Crippen LogP contribution >= 0.6 is 0 Å². The summed E-state index contributed by atoms with van der Waals surface area (Å²) in [6.07, 6.45) is 1.31. The Hall–Kier alpha value is -2.75. The van der Waals surface area contributed by atoms with Crippen LogP contribution in [0.15, 0.2) is 23.8 Å². The Balaban J connectivity index is 2.96. The second-order valence-electron chi connectivity index (χ2n) is 6.52. The third-order valence-corrected chi connectivity index (χ3v) is 3.30. The first-order valence-corrected chi connectivity index (χ1v) is 8.16. The summed E-state index contributed by atoms with van der Waals surface area (Å²) in [4.78, 5) is 36.8. The quantitative estimate of drug-likeness (QED) is 0.314. The summed E-state index contributed by atoms with van der Waals surface area (Å²) in [5, 5.41) is 0. The first-order valence-electron chi connectivity index (χ1n) is 8.16. The van der Waals surface area contributed by atoms with Crippen LogP contribution in [0, 0.1) is 0 Å². The van der Waals surface area contributed by atoms with Crippen molar-refractivity contribution in [2.45, 2.75) is 32.4 Å². The van der Waals surface area contributed by atoms with E-state index in [4.69, 9.17) is 19.9 Å². The van der Waals surface area contributed by atoms with Crippen molar-refractivity contribution in [3.05, 3.63) is 23.8 Å². The van der Waals surface area contributed by atoms with Gasteiger partial charge in [0.1, 0.15) is 17.9 Å². The predicted octanol–water partition coefficient (Wildman–Crippen LogP) is 0.669. The first-order chi connectivity index (χ1) is 12.6. The zero-order valence-electron chi connectivity index (χ0n) is 16.1. The highest BCUT2D eigenvalue weighted by atomic mass is 16.6. The standard InChI is InChI=1S/C17H26N2O8/c1-17(2,3)27-16(22)19-6-7-25-10-12(19)11(18)9-26-13(15(21)24-5)8-14(20)23-4/h8-9,12H,6-7,10,18H2,1-5H3. The summed E-state index contributed by atoms with van der Waals surface area (Å²) in [5.74, 6) is -2.13. The topological polar surface area (TPSA) is 127 Å². The van der Waals surface area contributed by atoms with E-state index in [1.807, 2.05) is 0 Å². The van der Waals surface area contributed by atoms with Gasteiger partial charge in [0.05, 0.1) is 39.2 Å². The average Bonchev–Trinajstić information content (AvgIpc) is 2.62. The molecule has 1 atom stereocenters. The lowest BCUT2D eigenvalue weighted by atomic mass is 10.2. The molecule has 10 nitrogen and oxygen atoms in total. The van der Waals surface area contributed by atoms with E-state index < -0.39 is 35.4 Å². The van der Waals surface area contributed by atoms with Crippen molar-refractivity contribution < 1.29 is 38.1 Å². The van der Waals surface area contributed by atoms with Crippen molar-refractivity contribution in [1.29, 1.82) is 0 Å². The van der Waals surface area contributed by atoms with Gasteiger partial charge in [0, 0.05) is 6.54 Å². The summed E-state index contributed by atoms with van der Waals surface area (Å²) in [7, 11) is 2.28. The van der Waals surface area contributed by atoms with E-state index in [0.29, 0.717) is 6.61 Å². The van der Waals surface area contributed by atoms with E-state index >= 15 is 0 Å². The predicted molar refractivity (Wildman–Crippen MR) is 93.0 cm³/mol. The lowest BCUT2D eigenvalue weighted by molar-refractivity contribution is -0.141. The molecular formula is C17H26N2O8.